The molecule has 0 fully saturated rings. The first-order chi connectivity index (χ1) is 11.9. The van der Waals surface area contributed by atoms with Crippen LogP contribution in [0.15, 0.2) is 50.7 Å². The van der Waals surface area contributed by atoms with Gasteiger partial charge in [0, 0.05) is 18.6 Å². The Balaban J connectivity index is 1.77. The normalized spacial score (nSPS) is 15.3. The van der Waals surface area contributed by atoms with Crippen molar-refractivity contribution >= 4 is 40.8 Å². The minimum atomic E-state index is -0.997. The summed E-state index contributed by atoms with van der Waals surface area (Å²) in [6.07, 6.45) is 1.54. The number of furan rings is 1. The van der Waals surface area contributed by atoms with Crippen LogP contribution in [0.25, 0.3) is 17.4 Å². The minimum absolute atomic E-state index is 0.188. The van der Waals surface area contributed by atoms with E-state index in [-0.39, 0.29) is 16.6 Å². The number of carboxylic acids is 1. The molecule has 25 heavy (non-hydrogen) atoms. The lowest BCUT2D eigenvalue weighted by molar-refractivity contribution is -0.117. The van der Waals surface area contributed by atoms with Crippen LogP contribution in [0.5, 0.6) is 0 Å². The predicted octanol–water partition coefficient (Wildman–Crippen LogP) is 2.75. The summed E-state index contributed by atoms with van der Waals surface area (Å²) < 4.78 is 5.67. The molecule has 0 saturated carbocycles. The van der Waals surface area contributed by atoms with Gasteiger partial charge >= 0.3 is 5.97 Å². The summed E-state index contributed by atoms with van der Waals surface area (Å²) >= 11 is 1.06. The number of benzene rings is 1. The summed E-state index contributed by atoms with van der Waals surface area (Å²) in [5.74, 6) is -0.749. The second-order valence-corrected chi connectivity index (χ2v) is 6.13. The number of hydrogen-bond donors (Lipinski definition) is 2. The molecule has 0 saturated heterocycles. The van der Waals surface area contributed by atoms with Gasteiger partial charge in [0.25, 0.3) is 5.91 Å². The van der Waals surface area contributed by atoms with Crippen LogP contribution in [-0.2, 0) is 9.59 Å². The Bertz CT molecular complexity index is 925. The molecule has 126 valence electrons. The molecule has 1 aliphatic rings. The highest BCUT2D eigenvalue weighted by Gasteiger charge is 2.23. The maximum absolute atomic E-state index is 11.8. The SMILES string of the molecule is CC(=O)NC1=NC(=O)C(=Cc2ccc(-c3ccc(C(=O)O)cc3)o2)S1. The van der Waals surface area contributed by atoms with Crippen molar-refractivity contribution in [2.75, 3.05) is 0 Å². The van der Waals surface area contributed by atoms with Gasteiger partial charge in [-0.05, 0) is 36.0 Å². The quantitative estimate of drug-likeness (QED) is 0.819. The van der Waals surface area contributed by atoms with Crippen LogP contribution in [0, 0.1) is 0 Å². The van der Waals surface area contributed by atoms with Gasteiger partial charge in [0.2, 0.25) is 5.91 Å². The van der Waals surface area contributed by atoms with Crippen LogP contribution in [0.2, 0.25) is 0 Å². The van der Waals surface area contributed by atoms with Gasteiger partial charge in [-0.15, -0.1) is 0 Å². The molecule has 2 aromatic rings. The monoisotopic (exact) mass is 356 g/mol. The maximum Gasteiger partial charge on any atom is 0.335 e. The highest BCUT2D eigenvalue weighted by Crippen LogP contribution is 2.29. The third kappa shape index (κ3) is 3.86. The number of nitrogens with one attached hydrogen (secondary N) is 1. The summed E-state index contributed by atoms with van der Waals surface area (Å²) in [6.45, 7) is 1.34. The zero-order valence-electron chi connectivity index (χ0n) is 13.0. The average Bonchev–Trinajstić information content (AvgIpc) is 3.14. The van der Waals surface area contributed by atoms with Crippen molar-refractivity contribution in [1.82, 2.24) is 5.32 Å². The Morgan fingerprint density at radius 3 is 2.56 bits per heavy atom. The lowest BCUT2D eigenvalue weighted by atomic mass is 10.1. The van der Waals surface area contributed by atoms with Crippen LogP contribution >= 0.6 is 11.8 Å². The van der Waals surface area contributed by atoms with Crippen molar-refractivity contribution in [3.8, 4) is 11.3 Å². The van der Waals surface area contributed by atoms with Crippen molar-refractivity contribution in [2.45, 2.75) is 6.92 Å². The standard InChI is InChI=1S/C17H12N2O5S/c1-9(20)18-17-19-15(21)14(25-17)8-12-6-7-13(24-12)10-2-4-11(5-3-10)16(22)23/h2-8H,1H3,(H,22,23)(H,18,19,20,21). The van der Waals surface area contributed by atoms with Crippen LogP contribution < -0.4 is 5.32 Å². The molecule has 0 spiro atoms. The molecular weight excluding hydrogens is 344 g/mol. The molecule has 0 bridgehead atoms. The summed E-state index contributed by atoms with van der Waals surface area (Å²) in [6, 6.07) is 9.68. The molecule has 0 radical (unpaired) electrons. The molecule has 8 heteroatoms. The molecule has 1 aromatic carbocycles. The van der Waals surface area contributed by atoms with Gasteiger partial charge in [0.05, 0.1) is 10.5 Å². The van der Waals surface area contributed by atoms with Crippen LogP contribution in [0.3, 0.4) is 0 Å². The third-order valence-electron chi connectivity index (χ3n) is 3.22. The van der Waals surface area contributed by atoms with E-state index in [2.05, 4.69) is 10.3 Å². The summed E-state index contributed by atoms with van der Waals surface area (Å²) in [4.78, 5) is 37.8. The van der Waals surface area contributed by atoms with E-state index >= 15 is 0 Å². The lowest BCUT2D eigenvalue weighted by Crippen LogP contribution is -2.23. The number of aliphatic imine (C=N–C) groups is 1. The number of amides is 2. The van der Waals surface area contributed by atoms with E-state index in [1.54, 1.807) is 30.3 Å². The van der Waals surface area contributed by atoms with Crippen molar-refractivity contribution in [3.63, 3.8) is 0 Å². The van der Waals surface area contributed by atoms with E-state index in [9.17, 15) is 14.4 Å². The predicted molar refractivity (Wildman–Crippen MR) is 92.9 cm³/mol. The fourth-order valence-electron chi connectivity index (χ4n) is 2.11. The van der Waals surface area contributed by atoms with Crippen LogP contribution in [0.4, 0.5) is 0 Å². The van der Waals surface area contributed by atoms with Crippen molar-refractivity contribution in [3.05, 3.63) is 52.6 Å². The summed E-state index contributed by atoms with van der Waals surface area (Å²) in [5.41, 5.74) is 0.906. The van der Waals surface area contributed by atoms with E-state index in [1.807, 2.05) is 0 Å². The second-order valence-electron chi connectivity index (χ2n) is 5.10. The zero-order chi connectivity index (χ0) is 18.0. The number of carbonyl (C=O) groups excluding carboxylic acids is 2. The van der Waals surface area contributed by atoms with Crippen LogP contribution in [0.1, 0.15) is 23.0 Å². The molecule has 1 aromatic heterocycles. The first-order valence-corrected chi connectivity index (χ1v) is 7.98. The van der Waals surface area contributed by atoms with Gasteiger partial charge in [0.15, 0.2) is 5.17 Å². The molecule has 2 amide bonds. The number of nitrogens with zero attached hydrogens (tertiary/aromatic N) is 1. The highest BCUT2D eigenvalue weighted by molar-refractivity contribution is 8.18. The van der Waals surface area contributed by atoms with Gasteiger partial charge in [-0.3, -0.25) is 9.59 Å². The van der Waals surface area contributed by atoms with E-state index in [0.717, 1.165) is 17.3 Å². The van der Waals surface area contributed by atoms with Gasteiger partial charge in [0.1, 0.15) is 11.5 Å². The molecular formula is C17H12N2O5S. The Hall–Kier alpha value is -3.13. The molecule has 3 rings (SSSR count). The zero-order valence-corrected chi connectivity index (χ0v) is 13.8. The Morgan fingerprint density at radius 2 is 1.92 bits per heavy atom. The number of carboxylic acid groups (broad SMARTS) is 1. The maximum atomic E-state index is 11.8. The van der Waals surface area contributed by atoms with Gasteiger partial charge in [-0.1, -0.05) is 12.1 Å². The number of rotatable bonds is 3. The first-order valence-electron chi connectivity index (χ1n) is 7.16. The van der Waals surface area contributed by atoms with Crippen LogP contribution in [-0.4, -0.2) is 28.1 Å². The van der Waals surface area contributed by atoms with Gasteiger partial charge in [-0.25, -0.2) is 4.79 Å². The van der Waals surface area contributed by atoms with E-state index in [4.69, 9.17) is 9.52 Å². The first kappa shape index (κ1) is 16.7. The van der Waals surface area contributed by atoms with E-state index < -0.39 is 11.9 Å². The van der Waals surface area contributed by atoms with Crippen molar-refractivity contribution in [1.29, 1.82) is 0 Å². The molecule has 0 aliphatic carbocycles. The fourth-order valence-corrected chi connectivity index (χ4v) is 2.94. The molecule has 0 atom stereocenters. The summed E-state index contributed by atoms with van der Waals surface area (Å²) in [5, 5.41) is 11.6. The lowest BCUT2D eigenvalue weighted by Gasteiger charge is -1.98. The Kier molecular flexibility index (Phi) is 4.53. The molecule has 2 heterocycles. The molecule has 7 nitrogen and oxygen atoms in total. The highest BCUT2D eigenvalue weighted by atomic mass is 32.2. The minimum Gasteiger partial charge on any atom is -0.478 e. The molecule has 0 unspecified atom stereocenters. The van der Waals surface area contributed by atoms with E-state index in [1.165, 1.54) is 19.1 Å². The fraction of sp³-hybridized carbons (Fsp3) is 0.0588. The number of hydrogen-bond acceptors (Lipinski definition) is 5. The van der Waals surface area contributed by atoms with E-state index in [0.29, 0.717) is 16.4 Å². The third-order valence-corrected chi connectivity index (χ3v) is 4.12. The number of carbonyl (C=O) groups is 3. The number of thioether (sulfide) groups is 1. The largest absolute Gasteiger partial charge is 0.478 e. The molecule has 2 N–H and O–H groups in total. The Labute approximate surface area is 146 Å². The average molecular weight is 356 g/mol. The number of aromatic carboxylic acids is 1. The van der Waals surface area contributed by atoms with Gasteiger partial charge in [-0.2, -0.15) is 4.99 Å². The number of amidine groups is 1. The Morgan fingerprint density at radius 1 is 1.20 bits per heavy atom. The summed E-state index contributed by atoms with van der Waals surface area (Å²) in [7, 11) is 0. The van der Waals surface area contributed by atoms with Gasteiger partial charge < -0.3 is 14.8 Å². The molecule has 1 aliphatic heterocycles. The smallest absolute Gasteiger partial charge is 0.335 e. The second kappa shape index (κ2) is 6.78. The van der Waals surface area contributed by atoms with Crippen molar-refractivity contribution < 1.29 is 23.9 Å². The van der Waals surface area contributed by atoms with Crippen molar-refractivity contribution in [2.24, 2.45) is 4.99 Å². The topological polar surface area (TPSA) is 109 Å².